The fraction of sp³-hybridized carbons (Fsp3) is 0.423. The van der Waals surface area contributed by atoms with Crippen LogP contribution in [0.2, 0.25) is 0 Å². The van der Waals surface area contributed by atoms with Crippen molar-refractivity contribution in [1.82, 2.24) is 4.90 Å². The number of hydrogen-bond acceptors (Lipinski definition) is 4. The third kappa shape index (κ3) is 4.05. The third-order valence-electron chi connectivity index (χ3n) is 6.91. The molecule has 5 rings (SSSR count). The topological polar surface area (TPSA) is 61.8 Å². The van der Waals surface area contributed by atoms with Crippen molar-refractivity contribution in [3.63, 3.8) is 0 Å². The molecular formula is C26H29FN2O3. The minimum Gasteiger partial charge on any atom is -0.487 e. The molecule has 1 fully saturated rings. The molecule has 0 bridgehead atoms. The normalized spacial score (nSPS) is 20.3. The van der Waals surface area contributed by atoms with Gasteiger partial charge in [0.15, 0.2) is 0 Å². The van der Waals surface area contributed by atoms with E-state index in [-0.39, 0.29) is 18.3 Å². The second kappa shape index (κ2) is 9.04. The molecule has 1 amide bonds. The van der Waals surface area contributed by atoms with Gasteiger partial charge in [-0.1, -0.05) is 37.5 Å². The van der Waals surface area contributed by atoms with Gasteiger partial charge in [0, 0.05) is 41.5 Å². The predicted octanol–water partition coefficient (Wildman–Crippen LogP) is 4.35. The summed E-state index contributed by atoms with van der Waals surface area (Å²) in [6.07, 6.45) is 7.23. The van der Waals surface area contributed by atoms with Crippen LogP contribution in [0, 0.1) is 5.82 Å². The molecule has 1 aliphatic carbocycles. The molecule has 6 heteroatoms. The van der Waals surface area contributed by atoms with E-state index in [1.165, 1.54) is 49.8 Å². The molecule has 2 N–H and O–H groups in total. The summed E-state index contributed by atoms with van der Waals surface area (Å²) in [5.74, 6) is -0.112. The van der Waals surface area contributed by atoms with Gasteiger partial charge >= 0.3 is 0 Å². The zero-order valence-electron chi connectivity index (χ0n) is 18.2. The van der Waals surface area contributed by atoms with Gasteiger partial charge in [-0.15, -0.1) is 0 Å². The summed E-state index contributed by atoms with van der Waals surface area (Å²) in [7, 11) is 0. The van der Waals surface area contributed by atoms with E-state index >= 15 is 0 Å². The van der Waals surface area contributed by atoms with E-state index in [9.17, 15) is 14.3 Å². The first kappa shape index (κ1) is 21.2. The van der Waals surface area contributed by atoms with Crippen LogP contribution in [-0.2, 0) is 22.6 Å². The Kier molecular flexibility index (Phi) is 5.98. The maximum atomic E-state index is 13.8. The number of ether oxygens (including phenoxy) is 1. The van der Waals surface area contributed by atoms with Crippen molar-refractivity contribution >= 4 is 22.9 Å². The number of halogens is 1. The van der Waals surface area contributed by atoms with Gasteiger partial charge in [-0.2, -0.15) is 0 Å². The Balaban J connectivity index is 1.36. The van der Waals surface area contributed by atoms with E-state index in [2.05, 4.69) is 22.3 Å². The summed E-state index contributed by atoms with van der Waals surface area (Å²) >= 11 is 0. The number of fused-ring (bicyclic) bond motifs is 2. The molecule has 2 heterocycles. The standard InChI is InChI=1S/C26H29FN2O3/c27-19-7-9-23-22(15-19)24(26(31)28-23)25-21-8-6-17(14-18(21)16-32-25)10-11-29(12-13-30)20-4-2-1-3-5-20/h6-9,14-15,20,30H,1-5,10-13,16H2,(H,28,31)/b25-24+. The van der Waals surface area contributed by atoms with Gasteiger partial charge < -0.3 is 15.2 Å². The Hall–Kier alpha value is -2.70. The first-order chi connectivity index (χ1) is 15.6. The van der Waals surface area contributed by atoms with Crippen molar-refractivity contribution < 1.29 is 19.0 Å². The van der Waals surface area contributed by atoms with Crippen LogP contribution < -0.4 is 5.32 Å². The lowest BCUT2D eigenvalue weighted by Crippen LogP contribution is -2.40. The smallest absolute Gasteiger partial charge is 0.260 e. The fourth-order valence-corrected chi connectivity index (χ4v) is 5.27. The van der Waals surface area contributed by atoms with Gasteiger partial charge in [-0.3, -0.25) is 9.69 Å². The summed E-state index contributed by atoms with van der Waals surface area (Å²) in [5.41, 5.74) is 4.73. The van der Waals surface area contributed by atoms with Crippen molar-refractivity contribution in [2.45, 2.75) is 51.2 Å². The SMILES string of the molecule is O=C1Nc2ccc(F)cc2/C1=C1\OCc2cc(CCN(CCO)C3CCCCC3)ccc21. The number of rotatable bonds is 6. The van der Waals surface area contributed by atoms with Gasteiger partial charge in [0.2, 0.25) is 0 Å². The van der Waals surface area contributed by atoms with Gasteiger partial charge in [0.25, 0.3) is 5.91 Å². The number of aliphatic hydroxyl groups is 1. The lowest BCUT2D eigenvalue weighted by atomic mass is 9.93. The average molecular weight is 437 g/mol. The van der Waals surface area contributed by atoms with Crippen LogP contribution in [0.3, 0.4) is 0 Å². The highest BCUT2D eigenvalue weighted by molar-refractivity contribution is 6.36. The highest BCUT2D eigenvalue weighted by atomic mass is 19.1. The van der Waals surface area contributed by atoms with E-state index in [0.717, 1.165) is 30.6 Å². The molecule has 0 saturated heterocycles. The van der Waals surface area contributed by atoms with Gasteiger partial charge in [-0.05, 0) is 43.0 Å². The minimum atomic E-state index is -0.377. The molecule has 0 unspecified atom stereocenters. The third-order valence-corrected chi connectivity index (χ3v) is 6.91. The predicted molar refractivity (Wildman–Crippen MR) is 122 cm³/mol. The van der Waals surface area contributed by atoms with Gasteiger partial charge in [0.1, 0.15) is 18.2 Å². The monoisotopic (exact) mass is 436 g/mol. The Morgan fingerprint density at radius 2 is 1.91 bits per heavy atom. The van der Waals surface area contributed by atoms with E-state index in [4.69, 9.17) is 4.74 Å². The number of aliphatic hydroxyl groups excluding tert-OH is 1. The number of hydrogen-bond donors (Lipinski definition) is 2. The molecular weight excluding hydrogens is 407 g/mol. The first-order valence-electron chi connectivity index (χ1n) is 11.6. The largest absolute Gasteiger partial charge is 0.487 e. The maximum absolute atomic E-state index is 13.8. The average Bonchev–Trinajstić information content (AvgIpc) is 3.36. The van der Waals surface area contributed by atoms with Crippen LogP contribution in [0.4, 0.5) is 10.1 Å². The van der Waals surface area contributed by atoms with E-state index < -0.39 is 0 Å². The van der Waals surface area contributed by atoms with Gasteiger partial charge in [0.05, 0.1) is 12.2 Å². The number of carbonyl (C=O) groups is 1. The Morgan fingerprint density at radius 1 is 1.06 bits per heavy atom. The summed E-state index contributed by atoms with van der Waals surface area (Å²) < 4.78 is 19.8. The van der Waals surface area contributed by atoms with Crippen LogP contribution in [0.25, 0.3) is 11.3 Å². The summed E-state index contributed by atoms with van der Waals surface area (Å²) in [5, 5.41) is 12.3. The van der Waals surface area contributed by atoms with E-state index in [0.29, 0.717) is 35.2 Å². The van der Waals surface area contributed by atoms with Crippen LogP contribution in [0.5, 0.6) is 0 Å². The van der Waals surface area contributed by atoms with Crippen LogP contribution in [0.15, 0.2) is 36.4 Å². The summed E-state index contributed by atoms with van der Waals surface area (Å²) in [6, 6.07) is 11.1. The van der Waals surface area contributed by atoms with E-state index in [1.54, 1.807) is 6.07 Å². The van der Waals surface area contributed by atoms with Crippen molar-refractivity contribution in [2.75, 3.05) is 25.0 Å². The second-order valence-electron chi connectivity index (χ2n) is 8.93. The van der Waals surface area contributed by atoms with Crippen molar-refractivity contribution in [3.8, 4) is 0 Å². The Labute approximate surface area is 187 Å². The van der Waals surface area contributed by atoms with Crippen molar-refractivity contribution in [2.24, 2.45) is 0 Å². The summed E-state index contributed by atoms with van der Waals surface area (Å²) in [4.78, 5) is 15.0. The van der Waals surface area contributed by atoms with Crippen LogP contribution in [-0.4, -0.2) is 41.7 Å². The second-order valence-corrected chi connectivity index (χ2v) is 8.93. The molecule has 0 atom stereocenters. The highest BCUT2D eigenvalue weighted by Crippen LogP contribution is 2.42. The first-order valence-corrected chi connectivity index (χ1v) is 11.6. The molecule has 0 radical (unpaired) electrons. The van der Waals surface area contributed by atoms with Crippen molar-refractivity contribution in [1.29, 1.82) is 0 Å². The molecule has 2 aromatic carbocycles. The lowest BCUT2D eigenvalue weighted by Gasteiger charge is -2.34. The van der Waals surface area contributed by atoms with Crippen molar-refractivity contribution in [3.05, 3.63) is 64.5 Å². The minimum absolute atomic E-state index is 0.190. The highest BCUT2D eigenvalue weighted by Gasteiger charge is 2.33. The number of carbonyl (C=O) groups excluding carboxylic acids is 1. The van der Waals surface area contributed by atoms with Crippen LogP contribution in [0.1, 0.15) is 54.4 Å². The number of benzene rings is 2. The van der Waals surface area contributed by atoms with Gasteiger partial charge in [-0.25, -0.2) is 4.39 Å². The number of nitrogens with zero attached hydrogens (tertiary/aromatic N) is 1. The van der Waals surface area contributed by atoms with E-state index in [1.807, 2.05) is 6.07 Å². The Morgan fingerprint density at radius 3 is 2.72 bits per heavy atom. The quantitative estimate of drug-likeness (QED) is 0.661. The van der Waals surface area contributed by atoms with Crippen LogP contribution >= 0.6 is 0 Å². The molecule has 32 heavy (non-hydrogen) atoms. The number of nitrogens with one attached hydrogen (secondary N) is 1. The molecule has 5 nitrogen and oxygen atoms in total. The number of amides is 1. The molecule has 1 saturated carbocycles. The molecule has 3 aliphatic rings. The maximum Gasteiger partial charge on any atom is 0.260 e. The fourth-order valence-electron chi connectivity index (χ4n) is 5.27. The molecule has 2 aromatic rings. The summed E-state index contributed by atoms with van der Waals surface area (Å²) in [6.45, 7) is 2.24. The zero-order chi connectivity index (χ0) is 22.1. The molecule has 0 spiro atoms. The lowest BCUT2D eigenvalue weighted by molar-refractivity contribution is -0.110. The Bertz CT molecular complexity index is 1060. The molecule has 2 aliphatic heterocycles. The number of anilines is 1. The zero-order valence-corrected chi connectivity index (χ0v) is 18.2. The molecule has 168 valence electrons. The molecule has 0 aromatic heterocycles.